The second-order valence-corrected chi connectivity index (χ2v) is 4.53. The van der Waals surface area contributed by atoms with Gasteiger partial charge in [-0.05, 0) is 37.3 Å². The summed E-state index contributed by atoms with van der Waals surface area (Å²) in [4.78, 5) is 0. The van der Waals surface area contributed by atoms with Gasteiger partial charge in [-0.15, -0.1) is 0 Å². The number of hydrogen-bond donors (Lipinski definition) is 1. The van der Waals surface area contributed by atoms with Gasteiger partial charge in [0.05, 0.1) is 12.3 Å². The minimum Gasteiger partial charge on any atom is -0.468 e. The maximum absolute atomic E-state index is 5.45. The maximum Gasteiger partial charge on any atom is 0.120 e. The van der Waals surface area contributed by atoms with Crippen molar-refractivity contribution in [2.45, 2.75) is 51.6 Å². The van der Waals surface area contributed by atoms with Crippen LogP contribution in [0.15, 0.2) is 22.8 Å². The third-order valence-corrected chi connectivity index (χ3v) is 3.29. The Labute approximate surface area is 92.1 Å². The fourth-order valence-corrected chi connectivity index (χ4v) is 2.29. The summed E-state index contributed by atoms with van der Waals surface area (Å²) in [6.45, 7) is 4.47. The van der Waals surface area contributed by atoms with Crippen molar-refractivity contribution in [3.05, 3.63) is 24.2 Å². The van der Waals surface area contributed by atoms with E-state index in [-0.39, 0.29) is 0 Å². The van der Waals surface area contributed by atoms with E-state index in [1.165, 1.54) is 19.3 Å². The van der Waals surface area contributed by atoms with Crippen LogP contribution in [0.4, 0.5) is 0 Å². The van der Waals surface area contributed by atoms with Gasteiger partial charge in [-0.2, -0.15) is 0 Å². The zero-order chi connectivity index (χ0) is 10.7. The molecule has 1 heterocycles. The average molecular weight is 207 g/mol. The van der Waals surface area contributed by atoms with Gasteiger partial charge in [0.1, 0.15) is 5.76 Å². The first-order valence-corrected chi connectivity index (χ1v) is 6.14. The van der Waals surface area contributed by atoms with E-state index >= 15 is 0 Å². The monoisotopic (exact) mass is 207 g/mol. The molecule has 1 saturated carbocycles. The topological polar surface area (TPSA) is 25.2 Å². The summed E-state index contributed by atoms with van der Waals surface area (Å²) in [6, 6.07) is 5.18. The van der Waals surface area contributed by atoms with Gasteiger partial charge in [-0.3, -0.25) is 0 Å². The standard InChI is InChI=1S/C13H21NO/c1-3-6-10-9-12(10)14-11(4-2)13-7-5-8-15-13/h5,7-8,10-12,14H,3-4,6,9H2,1-2H3. The highest BCUT2D eigenvalue weighted by Gasteiger charge is 2.37. The summed E-state index contributed by atoms with van der Waals surface area (Å²) in [7, 11) is 0. The molecule has 2 heteroatoms. The Morgan fingerprint density at radius 2 is 2.40 bits per heavy atom. The fourth-order valence-electron chi connectivity index (χ4n) is 2.29. The molecular weight excluding hydrogens is 186 g/mol. The average Bonchev–Trinajstić information content (AvgIpc) is 2.78. The molecule has 2 rings (SSSR count). The minimum absolute atomic E-state index is 0.409. The van der Waals surface area contributed by atoms with Crippen LogP contribution in [0.2, 0.25) is 0 Å². The summed E-state index contributed by atoms with van der Waals surface area (Å²) < 4.78 is 5.45. The van der Waals surface area contributed by atoms with E-state index in [9.17, 15) is 0 Å². The molecule has 84 valence electrons. The Bertz CT molecular complexity index is 281. The molecule has 1 aromatic heterocycles. The van der Waals surface area contributed by atoms with Crippen molar-refractivity contribution < 1.29 is 4.42 Å². The number of hydrogen-bond acceptors (Lipinski definition) is 2. The molecule has 1 aromatic rings. The van der Waals surface area contributed by atoms with Crippen LogP contribution in [0.1, 0.15) is 51.3 Å². The van der Waals surface area contributed by atoms with Crippen molar-refractivity contribution in [1.29, 1.82) is 0 Å². The first-order chi connectivity index (χ1) is 7.35. The molecule has 0 aliphatic heterocycles. The summed E-state index contributed by atoms with van der Waals surface area (Å²) in [5.41, 5.74) is 0. The molecule has 1 aliphatic carbocycles. The van der Waals surface area contributed by atoms with Crippen molar-refractivity contribution in [2.75, 3.05) is 0 Å². The number of furan rings is 1. The quantitative estimate of drug-likeness (QED) is 0.772. The molecular formula is C13H21NO. The van der Waals surface area contributed by atoms with Gasteiger partial charge in [-0.25, -0.2) is 0 Å². The molecule has 3 atom stereocenters. The summed E-state index contributed by atoms with van der Waals surface area (Å²) in [5.74, 6) is 2.00. The third-order valence-electron chi connectivity index (χ3n) is 3.29. The molecule has 3 unspecified atom stereocenters. The zero-order valence-electron chi connectivity index (χ0n) is 9.70. The fraction of sp³-hybridized carbons (Fsp3) is 0.692. The van der Waals surface area contributed by atoms with E-state index in [1.54, 1.807) is 6.26 Å². The van der Waals surface area contributed by atoms with E-state index < -0.39 is 0 Å². The lowest BCUT2D eigenvalue weighted by Gasteiger charge is -2.14. The van der Waals surface area contributed by atoms with E-state index in [1.807, 2.05) is 6.07 Å². The van der Waals surface area contributed by atoms with Crippen molar-refractivity contribution in [3.63, 3.8) is 0 Å². The molecule has 0 spiro atoms. The Balaban J connectivity index is 1.83. The van der Waals surface area contributed by atoms with Crippen molar-refractivity contribution >= 4 is 0 Å². The molecule has 2 nitrogen and oxygen atoms in total. The van der Waals surface area contributed by atoms with Crippen molar-refractivity contribution in [1.82, 2.24) is 5.32 Å². The summed E-state index contributed by atoms with van der Waals surface area (Å²) >= 11 is 0. The lowest BCUT2D eigenvalue weighted by molar-refractivity contribution is 0.394. The van der Waals surface area contributed by atoms with Gasteiger partial charge < -0.3 is 9.73 Å². The van der Waals surface area contributed by atoms with Gasteiger partial charge in [0.15, 0.2) is 0 Å². The zero-order valence-corrected chi connectivity index (χ0v) is 9.70. The number of rotatable bonds is 6. The van der Waals surface area contributed by atoms with Crippen LogP contribution in [0.5, 0.6) is 0 Å². The predicted molar refractivity (Wildman–Crippen MR) is 61.7 cm³/mol. The van der Waals surface area contributed by atoms with Crippen molar-refractivity contribution in [3.8, 4) is 0 Å². The normalized spacial score (nSPS) is 26.5. The molecule has 0 amide bonds. The molecule has 1 N–H and O–H groups in total. The Morgan fingerprint density at radius 1 is 1.53 bits per heavy atom. The second-order valence-electron chi connectivity index (χ2n) is 4.53. The van der Waals surface area contributed by atoms with E-state index in [0.29, 0.717) is 6.04 Å². The van der Waals surface area contributed by atoms with Crippen LogP contribution in [-0.4, -0.2) is 6.04 Å². The van der Waals surface area contributed by atoms with Gasteiger partial charge in [0, 0.05) is 6.04 Å². The molecule has 15 heavy (non-hydrogen) atoms. The summed E-state index contributed by atoms with van der Waals surface area (Å²) in [6.07, 6.45) is 6.89. The Kier molecular flexibility index (Phi) is 3.47. The lowest BCUT2D eigenvalue weighted by atomic mass is 10.1. The number of nitrogens with one attached hydrogen (secondary N) is 1. The second kappa shape index (κ2) is 4.84. The largest absolute Gasteiger partial charge is 0.468 e. The highest BCUT2D eigenvalue weighted by molar-refractivity contribution is 5.06. The highest BCUT2D eigenvalue weighted by atomic mass is 16.3. The van der Waals surface area contributed by atoms with Crippen LogP contribution >= 0.6 is 0 Å². The first kappa shape index (κ1) is 10.7. The first-order valence-electron chi connectivity index (χ1n) is 6.14. The predicted octanol–water partition coefficient (Wildman–Crippen LogP) is 3.51. The van der Waals surface area contributed by atoms with Crippen LogP contribution in [0.25, 0.3) is 0 Å². The van der Waals surface area contributed by atoms with Gasteiger partial charge >= 0.3 is 0 Å². The highest BCUT2D eigenvalue weighted by Crippen LogP contribution is 2.36. The van der Waals surface area contributed by atoms with Crippen LogP contribution < -0.4 is 5.32 Å². The Morgan fingerprint density at radius 3 is 3.00 bits per heavy atom. The van der Waals surface area contributed by atoms with Gasteiger partial charge in [0.2, 0.25) is 0 Å². The van der Waals surface area contributed by atoms with E-state index in [0.717, 1.165) is 24.1 Å². The van der Waals surface area contributed by atoms with Crippen LogP contribution in [0, 0.1) is 5.92 Å². The molecule has 0 saturated heterocycles. The van der Waals surface area contributed by atoms with Crippen LogP contribution in [-0.2, 0) is 0 Å². The Hall–Kier alpha value is -0.760. The molecule has 0 bridgehead atoms. The minimum atomic E-state index is 0.409. The van der Waals surface area contributed by atoms with Crippen LogP contribution in [0.3, 0.4) is 0 Å². The van der Waals surface area contributed by atoms with Gasteiger partial charge in [-0.1, -0.05) is 20.3 Å². The molecule has 0 radical (unpaired) electrons. The molecule has 1 aliphatic rings. The van der Waals surface area contributed by atoms with Crippen molar-refractivity contribution in [2.24, 2.45) is 5.92 Å². The molecule has 0 aromatic carbocycles. The van der Waals surface area contributed by atoms with E-state index in [2.05, 4.69) is 25.2 Å². The lowest BCUT2D eigenvalue weighted by Crippen LogP contribution is -2.23. The maximum atomic E-state index is 5.45. The smallest absolute Gasteiger partial charge is 0.120 e. The SMILES string of the molecule is CCCC1CC1NC(CC)c1ccco1. The van der Waals surface area contributed by atoms with E-state index in [4.69, 9.17) is 4.42 Å². The molecule has 1 fully saturated rings. The third kappa shape index (κ3) is 2.63. The summed E-state index contributed by atoms with van der Waals surface area (Å²) in [5, 5.41) is 3.68. The van der Waals surface area contributed by atoms with Gasteiger partial charge in [0.25, 0.3) is 0 Å².